The second-order valence-electron chi connectivity index (χ2n) is 2.22. The van der Waals surface area contributed by atoms with Crippen LogP contribution >= 0.6 is 15.6 Å². The summed E-state index contributed by atoms with van der Waals surface area (Å²) in [5, 5.41) is 8.21. The highest BCUT2D eigenvalue weighted by Gasteiger charge is 2.31. The van der Waals surface area contributed by atoms with Crippen molar-refractivity contribution in [1.29, 1.82) is 0 Å². The zero-order valence-electron chi connectivity index (χ0n) is 6.96. The highest BCUT2D eigenvalue weighted by atomic mass is 31.2. The Hall–Kier alpha value is -0.310. The number of phosphoric ester groups is 2. The Balaban J connectivity index is 4.53. The molecule has 0 rings (SSSR count). The van der Waals surface area contributed by atoms with E-state index in [2.05, 4.69) is 9.05 Å². The lowest BCUT2D eigenvalue weighted by Gasteiger charge is -2.16. The molecule has 10 nitrogen and oxygen atoms in total. The van der Waals surface area contributed by atoms with Gasteiger partial charge in [0.1, 0.15) is 0 Å². The molecule has 90 valence electrons. The van der Waals surface area contributed by atoms with E-state index in [1.807, 2.05) is 0 Å². The van der Waals surface area contributed by atoms with Gasteiger partial charge in [-0.05, 0) is 0 Å². The number of phosphoric acid groups is 2. The molecule has 0 amide bonds. The molecule has 0 saturated heterocycles. The number of hydrogen-bond acceptors (Lipinski definition) is 5. The fourth-order valence-corrected chi connectivity index (χ4v) is 1.46. The van der Waals surface area contributed by atoms with Crippen molar-refractivity contribution in [3.8, 4) is 0 Å². The minimum Gasteiger partial charge on any atom is -0.481 e. The Morgan fingerprint density at radius 1 is 1.07 bits per heavy atom. The molecule has 0 aromatic carbocycles. The van der Waals surface area contributed by atoms with Crippen molar-refractivity contribution in [2.75, 3.05) is 0 Å². The van der Waals surface area contributed by atoms with Crippen LogP contribution in [0.3, 0.4) is 0 Å². The molecular weight excluding hydrogens is 258 g/mol. The van der Waals surface area contributed by atoms with Crippen LogP contribution in [0.15, 0.2) is 0 Å². The summed E-state index contributed by atoms with van der Waals surface area (Å²) in [6.45, 7) is 0. The van der Waals surface area contributed by atoms with E-state index in [0.29, 0.717) is 0 Å². The van der Waals surface area contributed by atoms with Gasteiger partial charge in [0.2, 0.25) is 0 Å². The van der Waals surface area contributed by atoms with E-state index in [-0.39, 0.29) is 0 Å². The summed E-state index contributed by atoms with van der Waals surface area (Å²) in [4.78, 5) is 43.2. The second-order valence-corrected chi connectivity index (χ2v) is 4.60. The van der Waals surface area contributed by atoms with Gasteiger partial charge < -0.3 is 24.7 Å². The third kappa shape index (κ3) is 9.98. The van der Waals surface area contributed by atoms with Gasteiger partial charge in [-0.1, -0.05) is 0 Å². The monoisotopic (exact) mass is 266 g/mol. The van der Waals surface area contributed by atoms with Gasteiger partial charge in [-0.25, -0.2) is 9.13 Å². The molecule has 0 bridgehead atoms. The molecule has 15 heavy (non-hydrogen) atoms. The first-order valence-corrected chi connectivity index (χ1v) is 6.25. The molecule has 0 aliphatic rings. The maximum absolute atomic E-state index is 10.3. The number of carbonyl (C=O) groups is 1. The predicted molar refractivity (Wildman–Crippen MR) is 42.3 cm³/mol. The molecule has 0 heterocycles. The lowest BCUT2D eigenvalue weighted by Crippen LogP contribution is -2.19. The Labute approximate surface area is 82.9 Å². The van der Waals surface area contributed by atoms with Crippen LogP contribution in [0, 0.1) is 0 Å². The van der Waals surface area contributed by atoms with Gasteiger partial charge in [-0.2, -0.15) is 0 Å². The van der Waals surface area contributed by atoms with Crippen LogP contribution in [0.5, 0.6) is 0 Å². The van der Waals surface area contributed by atoms with Crippen molar-refractivity contribution >= 4 is 21.6 Å². The lowest BCUT2D eigenvalue weighted by atomic mass is 10.4. The molecule has 0 unspecified atom stereocenters. The van der Waals surface area contributed by atoms with E-state index in [1.165, 1.54) is 0 Å². The number of hydrogen-bond donors (Lipinski definition) is 5. The second kappa shape index (κ2) is 5.15. The van der Waals surface area contributed by atoms with E-state index in [4.69, 9.17) is 24.7 Å². The summed E-state index contributed by atoms with van der Waals surface area (Å²) in [5.41, 5.74) is 0. The Morgan fingerprint density at radius 2 is 1.40 bits per heavy atom. The Bertz CT molecular complexity index is 287. The number of rotatable bonds is 6. The van der Waals surface area contributed by atoms with Crippen LogP contribution in [0.25, 0.3) is 0 Å². The molecule has 0 atom stereocenters. The van der Waals surface area contributed by atoms with Crippen molar-refractivity contribution < 1.29 is 47.7 Å². The van der Waals surface area contributed by atoms with Crippen LogP contribution in [0.2, 0.25) is 0 Å². The molecule has 12 heteroatoms. The summed E-state index contributed by atoms with van der Waals surface area (Å²) in [5.74, 6) is -1.61. The maximum atomic E-state index is 10.3. The normalized spacial score (nSPS) is 13.1. The fourth-order valence-electron chi connectivity index (χ4n) is 0.543. The molecule has 0 aliphatic heterocycles. The quantitative estimate of drug-likeness (QED) is 0.296. The zero-order chi connectivity index (χ0) is 12.3. The van der Waals surface area contributed by atoms with E-state index in [1.54, 1.807) is 0 Å². The van der Waals surface area contributed by atoms with Crippen molar-refractivity contribution in [2.24, 2.45) is 0 Å². The van der Waals surface area contributed by atoms with Crippen LogP contribution < -0.4 is 0 Å². The van der Waals surface area contributed by atoms with E-state index >= 15 is 0 Å². The molecule has 5 N–H and O–H groups in total. The van der Waals surface area contributed by atoms with Crippen molar-refractivity contribution in [3.05, 3.63) is 0 Å². The van der Waals surface area contributed by atoms with Gasteiger partial charge in [0, 0.05) is 0 Å². The van der Waals surface area contributed by atoms with Gasteiger partial charge in [0.15, 0.2) is 6.29 Å². The Kier molecular flexibility index (Phi) is 5.04. The van der Waals surface area contributed by atoms with Crippen molar-refractivity contribution in [3.63, 3.8) is 0 Å². The average Bonchev–Trinajstić information content (AvgIpc) is 1.73. The SMILES string of the molecule is O=C(O)CC(OP(=O)(O)O)OP(=O)(O)O. The Morgan fingerprint density at radius 3 is 1.60 bits per heavy atom. The van der Waals surface area contributed by atoms with Gasteiger partial charge in [0.05, 0.1) is 6.42 Å². The third-order valence-electron chi connectivity index (χ3n) is 0.851. The van der Waals surface area contributed by atoms with Gasteiger partial charge in [-0.3, -0.25) is 13.8 Å². The topological polar surface area (TPSA) is 171 Å². The molecular formula is C3H8O10P2. The fraction of sp³-hybridized carbons (Fsp3) is 0.667. The van der Waals surface area contributed by atoms with Crippen LogP contribution in [0.4, 0.5) is 0 Å². The minimum absolute atomic E-state index is 1.13. The van der Waals surface area contributed by atoms with Crippen LogP contribution in [-0.2, 0) is 23.0 Å². The summed E-state index contributed by atoms with van der Waals surface area (Å²) in [6, 6.07) is 0. The molecule has 0 saturated carbocycles. The molecule has 0 radical (unpaired) electrons. The lowest BCUT2D eigenvalue weighted by molar-refractivity contribution is -0.143. The molecule has 0 fully saturated rings. The standard InChI is InChI=1S/C3H8O10P2/c4-2(5)1-3(12-14(6,7)8)13-15(9,10)11/h3H,1H2,(H,4,5)(H2,6,7,8)(H2,9,10,11). The maximum Gasteiger partial charge on any atom is 0.471 e. The van der Waals surface area contributed by atoms with Crippen molar-refractivity contribution in [2.45, 2.75) is 12.7 Å². The largest absolute Gasteiger partial charge is 0.481 e. The zero-order valence-corrected chi connectivity index (χ0v) is 8.75. The van der Waals surface area contributed by atoms with Gasteiger partial charge in [0.25, 0.3) is 0 Å². The van der Waals surface area contributed by atoms with E-state index in [9.17, 15) is 13.9 Å². The van der Waals surface area contributed by atoms with E-state index in [0.717, 1.165) is 0 Å². The number of carboxylic acids is 1. The summed E-state index contributed by atoms with van der Waals surface area (Å²) in [7, 11) is -10.2. The first kappa shape index (κ1) is 14.7. The molecule has 0 aromatic rings. The molecule has 0 spiro atoms. The number of aliphatic carboxylic acids is 1. The summed E-state index contributed by atoms with van der Waals surface area (Å²) in [6.07, 6.45) is -3.36. The minimum atomic E-state index is -5.10. The van der Waals surface area contributed by atoms with Gasteiger partial charge >= 0.3 is 21.6 Å². The van der Waals surface area contributed by atoms with Crippen LogP contribution in [0.1, 0.15) is 6.42 Å². The molecule has 0 aliphatic carbocycles. The molecule has 0 aromatic heterocycles. The third-order valence-corrected chi connectivity index (χ3v) is 1.87. The van der Waals surface area contributed by atoms with Gasteiger partial charge in [-0.15, -0.1) is 0 Å². The van der Waals surface area contributed by atoms with Crippen molar-refractivity contribution in [1.82, 2.24) is 0 Å². The summed E-state index contributed by atoms with van der Waals surface area (Å²) >= 11 is 0. The first-order chi connectivity index (χ1) is 6.49. The predicted octanol–water partition coefficient (Wildman–Crippen LogP) is -0.994. The highest BCUT2D eigenvalue weighted by molar-refractivity contribution is 7.47. The smallest absolute Gasteiger partial charge is 0.471 e. The first-order valence-electron chi connectivity index (χ1n) is 3.19. The highest BCUT2D eigenvalue weighted by Crippen LogP contribution is 2.44. The summed E-state index contributed by atoms with van der Waals surface area (Å²) < 4.78 is 27.9. The average molecular weight is 266 g/mol. The number of carboxylic acid groups (broad SMARTS) is 1. The van der Waals surface area contributed by atoms with E-state index < -0.39 is 34.3 Å². The van der Waals surface area contributed by atoms with Crippen LogP contribution in [-0.4, -0.2) is 36.9 Å².